The molecule has 0 fully saturated rings. The second kappa shape index (κ2) is 5.05. The first-order chi connectivity index (χ1) is 9.02. The van der Waals surface area contributed by atoms with E-state index in [1.165, 1.54) is 30.6 Å². The molecule has 0 unspecified atom stereocenters. The van der Waals surface area contributed by atoms with Gasteiger partial charge in [-0.1, -0.05) is 17.3 Å². The lowest BCUT2D eigenvalue weighted by Crippen LogP contribution is -2.09. The highest BCUT2D eigenvalue weighted by Gasteiger charge is 2.30. The van der Waals surface area contributed by atoms with E-state index in [-0.39, 0.29) is 11.3 Å². The van der Waals surface area contributed by atoms with Crippen LogP contribution in [0.1, 0.15) is 16.7 Å². The molecule has 2 rings (SSSR count). The highest BCUT2D eigenvalue weighted by molar-refractivity contribution is 6.12. The predicted molar refractivity (Wildman–Crippen MR) is 60.9 cm³/mol. The number of nitrogens with zero attached hydrogens (tertiary/aromatic N) is 3. The molecule has 0 radical (unpaired) electrons. The van der Waals surface area contributed by atoms with Crippen molar-refractivity contribution in [3.63, 3.8) is 0 Å². The Labute approximate surface area is 106 Å². The van der Waals surface area contributed by atoms with Crippen LogP contribution < -0.4 is 0 Å². The smallest absolute Gasteiger partial charge is 0.410 e. The fourth-order valence-electron chi connectivity index (χ4n) is 1.56. The molecule has 0 bridgehead atoms. The fraction of sp³-hybridized carbons (Fsp3) is 0.0833. The number of oxime groups is 1. The zero-order chi connectivity index (χ0) is 13.9. The number of alkyl halides is 3. The van der Waals surface area contributed by atoms with Gasteiger partial charge < -0.3 is 5.21 Å². The van der Waals surface area contributed by atoms with Crippen LogP contribution in [0, 0.1) is 0 Å². The highest BCUT2D eigenvalue weighted by atomic mass is 19.4. The number of benzene rings is 1. The number of halogens is 3. The van der Waals surface area contributed by atoms with Gasteiger partial charge in [0.2, 0.25) is 0 Å². The van der Waals surface area contributed by atoms with E-state index < -0.39 is 11.7 Å². The van der Waals surface area contributed by atoms with Gasteiger partial charge in [-0.05, 0) is 18.2 Å². The summed E-state index contributed by atoms with van der Waals surface area (Å²) >= 11 is 0. The monoisotopic (exact) mass is 267 g/mol. The van der Waals surface area contributed by atoms with Crippen LogP contribution in [0.25, 0.3) is 0 Å². The molecule has 0 spiro atoms. The molecule has 1 aromatic carbocycles. The Bertz CT molecular complexity index is 597. The molecule has 1 heterocycles. The average Bonchev–Trinajstić information content (AvgIpc) is 2.40. The van der Waals surface area contributed by atoms with Crippen molar-refractivity contribution >= 4 is 5.71 Å². The average molecular weight is 267 g/mol. The summed E-state index contributed by atoms with van der Waals surface area (Å²) in [5.74, 6) is 0. The minimum atomic E-state index is -4.45. The maximum absolute atomic E-state index is 12.6. The summed E-state index contributed by atoms with van der Waals surface area (Å²) in [6.45, 7) is 0. The first-order valence-electron chi connectivity index (χ1n) is 5.19. The summed E-state index contributed by atoms with van der Waals surface area (Å²) < 4.78 is 37.8. The standard InChI is InChI=1S/C12H8F3N3O/c13-12(14,15)10-3-1-2-8(6-10)11(18-19)9-4-5-16-17-7-9/h1-7,19H. The lowest BCUT2D eigenvalue weighted by molar-refractivity contribution is -0.137. The van der Waals surface area contributed by atoms with E-state index in [1.54, 1.807) is 0 Å². The van der Waals surface area contributed by atoms with Crippen LogP contribution in [0.15, 0.2) is 47.9 Å². The van der Waals surface area contributed by atoms with Gasteiger partial charge in [0.05, 0.1) is 18.0 Å². The highest BCUT2D eigenvalue weighted by Crippen LogP contribution is 2.30. The van der Waals surface area contributed by atoms with Crippen LogP contribution in [0.4, 0.5) is 13.2 Å². The SMILES string of the molecule is ON=C(c1ccnnc1)c1cccc(C(F)(F)F)c1. The van der Waals surface area contributed by atoms with Crippen LogP contribution in [-0.4, -0.2) is 21.1 Å². The van der Waals surface area contributed by atoms with E-state index in [4.69, 9.17) is 5.21 Å². The van der Waals surface area contributed by atoms with Crippen LogP contribution >= 0.6 is 0 Å². The summed E-state index contributed by atoms with van der Waals surface area (Å²) in [6.07, 6.45) is -1.80. The second-order valence-electron chi connectivity index (χ2n) is 3.66. The van der Waals surface area contributed by atoms with E-state index in [2.05, 4.69) is 15.4 Å². The van der Waals surface area contributed by atoms with Crippen molar-refractivity contribution < 1.29 is 18.4 Å². The van der Waals surface area contributed by atoms with E-state index in [9.17, 15) is 13.2 Å². The number of aromatic nitrogens is 2. The topological polar surface area (TPSA) is 58.4 Å². The van der Waals surface area contributed by atoms with Crippen molar-refractivity contribution in [1.82, 2.24) is 10.2 Å². The predicted octanol–water partition coefficient (Wildman–Crippen LogP) is 2.72. The van der Waals surface area contributed by atoms with Gasteiger partial charge in [-0.15, -0.1) is 0 Å². The van der Waals surface area contributed by atoms with Gasteiger partial charge in [0.15, 0.2) is 0 Å². The van der Waals surface area contributed by atoms with Crippen molar-refractivity contribution in [2.75, 3.05) is 0 Å². The molecular formula is C12H8F3N3O. The molecule has 7 heteroatoms. The van der Waals surface area contributed by atoms with Crippen molar-refractivity contribution in [3.05, 3.63) is 59.4 Å². The molecule has 0 aliphatic rings. The Morgan fingerprint density at radius 1 is 1.11 bits per heavy atom. The Hall–Kier alpha value is -2.44. The Kier molecular flexibility index (Phi) is 3.46. The molecule has 0 saturated heterocycles. The molecule has 1 aromatic heterocycles. The van der Waals surface area contributed by atoms with E-state index in [0.29, 0.717) is 5.56 Å². The van der Waals surface area contributed by atoms with Crippen molar-refractivity contribution in [1.29, 1.82) is 0 Å². The molecule has 1 N–H and O–H groups in total. The van der Waals surface area contributed by atoms with Crippen molar-refractivity contribution in [2.45, 2.75) is 6.18 Å². The third-order valence-electron chi connectivity index (χ3n) is 2.42. The first-order valence-corrected chi connectivity index (χ1v) is 5.19. The number of rotatable bonds is 2. The molecule has 0 saturated carbocycles. The van der Waals surface area contributed by atoms with Gasteiger partial charge in [0.25, 0.3) is 0 Å². The third kappa shape index (κ3) is 2.87. The molecule has 0 amide bonds. The zero-order valence-corrected chi connectivity index (χ0v) is 9.46. The van der Waals surface area contributed by atoms with Gasteiger partial charge >= 0.3 is 6.18 Å². The maximum atomic E-state index is 12.6. The van der Waals surface area contributed by atoms with E-state index in [1.807, 2.05) is 0 Å². The lowest BCUT2D eigenvalue weighted by Gasteiger charge is -2.09. The van der Waals surface area contributed by atoms with Gasteiger partial charge in [0, 0.05) is 11.1 Å². The normalized spacial score (nSPS) is 12.5. The van der Waals surface area contributed by atoms with E-state index in [0.717, 1.165) is 12.1 Å². The van der Waals surface area contributed by atoms with Crippen LogP contribution in [0.3, 0.4) is 0 Å². The van der Waals surface area contributed by atoms with Crippen LogP contribution in [0.5, 0.6) is 0 Å². The summed E-state index contributed by atoms with van der Waals surface area (Å²) in [5, 5.41) is 19.2. The number of hydrogen-bond donors (Lipinski definition) is 1. The summed E-state index contributed by atoms with van der Waals surface area (Å²) in [4.78, 5) is 0. The largest absolute Gasteiger partial charge is 0.416 e. The fourth-order valence-corrected chi connectivity index (χ4v) is 1.56. The quantitative estimate of drug-likeness (QED) is 0.517. The van der Waals surface area contributed by atoms with Crippen molar-refractivity contribution in [2.24, 2.45) is 5.16 Å². The molecule has 19 heavy (non-hydrogen) atoms. The maximum Gasteiger partial charge on any atom is 0.416 e. The van der Waals surface area contributed by atoms with Crippen LogP contribution in [-0.2, 0) is 6.18 Å². The summed E-state index contributed by atoms with van der Waals surface area (Å²) in [5.41, 5.74) is -0.295. The summed E-state index contributed by atoms with van der Waals surface area (Å²) in [6, 6.07) is 6.02. The molecule has 4 nitrogen and oxygen atoms in total. The minimum absolute atomic E-state index is 0.000926. The van der Waals surface area contributed by atoms with Gasteiger partial charge in [0.1, 0.15) is 5.71 Å². The molecule has 0 aliphatic carbocycles. The zero-order valence-electron chi connectivity index (χ0n) is 9.46. The Balaban J connectivity index is 2.47. The number of hydrogen-bond acceptors (Lipinski definition) is 4. The minimum Gasteiger partial charge on any atom is -0.410 e. The van der Waals surface area contributed by atoms with Gasteiger partial charge in [-0.25, -0.2) is 0 Å². The Morgan fingerprint density at radius 2 is 1.89 bits per heavy atom. The second-order valence-corrected chi connectivity index (χ2v) is 3.66. The molecule has 98 valence electrons. The first kappa shape index (κ1) is 13.0. The Morgan fingerprint density at radius 3 is 2.47 bits per heavy atom. The lowest BCUT2D eigenvalue weighted by atomic mass is 10.0. The molecular weight excluding hydrogens is 259 g/mol. The van der Waals surface area contributed by atoms with E-state index >= 15 is 0 Å². The van der Waals surface area contributed by atoms with Gasteiger partial charge in [-0.3, -0.25) is 0 Å². The third-order valence-corrected chi connectivity index (χ3v) is 2.42. The van der Waals surface area contributed by atoms with Crippen molar-refractivity contribution in [3.8, 4) is 0 Å². The molecule has 0 atom stereocenters. The van der Waals surface area contributed by atoms with Crippen LogP contribution in [0.2, 0.25) is 0 Å². The molecule has 2 aromatic rings. The molecule has 0 aliphatic heterocycles. The summed E-state index contributed by atoms with van der Waals surface area (Å²) in [7, 11) is 0. The van der Waals surface area contributed by atoms with Gasteiger partial charge in [-0.2, -0.15) is 23.4 Å².